The summed E-state index contributed by atoms with van der Waals surface area (Å²) in [6.45, 7) is 1.60. The highest BCUT2D eigenvalue weighted by Crippen LogP contribution is 2.30. The topological polar surface area (TPSA) is 102 Å². The minimum Gasteiger partial charge on any atom is -0.493 e. The van der Waals surface area contributed by atoms with E-state index in [1.54, 1.807) is 13.0 Å². The smallest absolute Gasteiger partial charge is 0.335 e. The van der Waals surface area contributed by atoms with Crippen LogP contribution >= 0.6 is 0 Å². The quantitative estimate of drug-likeness (QED) is 0.829. The fourth-order valence-electron chi connectivity index (χ4n) is 2.11. The van der Waals surface area contributed by atoms with Gasteiger partial charge >= 0.3 is 5.97 Å². The van der Waals surface area contributed by atoms with E-state index in [0.717, 1.165) is 6.07 Å². The standard InChI is InChI=1S/C16H17NO6S/c1-10-4-6-12(9-13(10)16(18)19)24(20,21)17-11-5-7-14(22-2)15(8-11)23-3/h4-9,17H,1-3H3,(H,18,19). The van der Waals surface area contributed by atoms with E-state index in [0.29, 0.717) is 17.1 Å². The zero-order chi connectivity index (χ0) is 17.9. The molecule has 0 atom stereocenters. The highest BCUT2D eigenvalue weighted by Gasteiger charge is 2.18. The lowest BCUT2D eigenvalue weighted by Crippen LogP contribution is -2.14. The molecule has 0 heterocycles. The normalized spacial score (nSPS) is 11.0. The van der Waals surface area contributed by atoms with Crippen LogP contribution < -0.4 is 14.2 Å². The minimum absolute atomic E-state index is 0.0646. The molecule has 0 radical (unpaired) electrons. The van der Waals surface area contributed by atoms with E-state index in [1.165, 1.54) is 38.5 Å². The van der Waals surface area contributed by atoms with Crippen molar-refractivity contribution in [3.05, 3.63) is 47.5 Å². The first-order chi connectivity index (χ1) is 11.3. The summed E-state index contributed by atoms with van der Waals surface area (Å²) in [6.07, 6.45) is 0. The van der Waals surface area contributed by atoms with Gasteiger partial charge in [0.15, 0.2) is 11.5 Å². The first-order valence-electron chi connectivity index (χ1n) is 6.87. The largest absolute Gasteiger partial charge is 0.493 e. The molecule has 2 N–H and O–H groups in total. The number of methoxy groups -OCH3 is 2. The predicted molar refractivity (Wildman–Crippen MR) is 88.5 cm³/mol. The molecule has 0 bridgehead atoms. The zero-order valence-electron chi connectivity index (χ0n) is 13.4. The van der Waals surface area contributed by atoms with Gasteiger partial charge in [0, 0.05) is 6.07 Å². The Labute approximate surface area is 139 Å². The number of hydrogen-bond donors (Lipinski definition) is 2. The summed E-state index contributed by atoms with van der Waals surface area (Å²) in [7, 11) is -1.03. The van der Waals surface area contributed by atoms with Crippen molar-refractivity contribution in [2.75, 3.05) is 18.9 Å². The van der Waals surface area contributed by atoms with E-state index in [-0.39, 0.29) is 16.1 Å². The lowest BCUT2D eigenvalue weighted by molar-refractivity contribution is 0.0696. The van der Waals surface area contributed by atoms with Crippen molar-refractivity contribution in [2.24, 2.45) is 0 Å². The average Bonchev–Trinajstić information content (AvgIpc) is 2.54. The fourth-order valence-corrected chi connectivity index (χ4v) is 3.19. The molecule has 128 valence electrons. The molecule has 0 aliphatic carbocycles. The second kappa shape index (κ2) is 6.79. The monoisotopic (exact) mass is 351 g/mol. The van der Waals surface area contributed by atoms with Crippen LogP contribution in [0.1, 0.15) is 15.9 Å². The molecule has 2 aromatic rings. The van der Waals surface area contributed by atoms with Crippen LogP contribution in [-0.4, -0.2) is 33.7 Å². The van der Waals surface area contributed by atoms with Crippen molar-refractivity contribution in [3.63, 3.8) is 0 Å². The number of carbonyl (C=O) groups is 1. The maximum Gasteiger partial charge on any atom is 0.335 e. The van der Waals surface area contributed by atoms with Gasteiger partial charge in [-0.1, -0.05) is 6.07 Å². The van der Waals surface area contributed by atoms with Crippen molar-refractivity contribution < 1.29 is 27.8 Å². The number of aromatic carboxylic acids is 1. The van der Waals surface area contributed by atoms with Crippen LogP contribution in [0.2, 0.25) is 0 Å². The number of rotatable bonds is 6. The minimum atomic E-state index is -3.94. The van der Waals surface area contributed by atoms with Crippen molar-refractivity contribution in [3.8, 4) is 11.5 Å². The molecule has 0 aliphatic heterocycles. The van der Waals surface area contributed by atoms with E-state index < -0.39 is 16.0 Å². The molecule has 0 amide bonds. The van der Waals surface area contributed by atoms with Crippen LogP contribution in [0.3, 0.4) is 0 Å². The number of nitrogens with one attached hydrogen (secondary N) is 1. The Kier molecular flexibility index (Phi) is 4.99. The highest BCUT2D eigenvalue weighted by atomic mass is 32.2. The van der Waals surface area contributed by atoms with Gasteiger partial charge in [-0.2, -0.15) is 0 Å². The Bertz CT molecular complexity index is 876. The van der Waals surface area contributed by atoms with Crippen LogP contribution in [0.15, 0.2) is 41.3 Å². The van der Waals surface area contributed by atoms with Crippen LogP contribution in [0.4, 0.5) is 5.69 Å². The van der Waals surface area contributed by atoms with E-state index in [2.05, 4.69) is 4.72 Å². The van der Waals surface area contributed by atoms with Gasteiger partial charge < -0.3 is 14.6 Å². The maximum absolute atomic E-state index is 12.5. The molecule has 2 rings (SSSR count). The number of sulfonamides is 1. The van der Waals surface area contributed by atoms with Crippen molar-refractivity contribution >= 4 is 21.7 Å². The van der Waals surface area contributed by atoms with E-state index in [1.807, 2.05) is 0 Å². The van der Waals surface area contributed by atoms with Gasteiger partial charge in [-0.15, -0.1) is 0 Å². The molecule has 7 nitrogen and oxygen atoms in total. The molecule has 0 spiro atoms. The molecule has 0 unspecified atom stereocenters. The first-order valence-corrected chi connectivity index (χ1v) is 8.35. The lowest BCUT2D eigenvalue weighted by Gasteiger charge is -2.12. The fraction of sp³-hybridized carbons (Fsp3) is 0.188. The van der Waals surface area contributed by atoms with Gasteiger partial charge in [-0.25, -0.2) is 13.2 Å². The zero-order valence-corrected chi connectivity index (χ0v) is 14.2. The predicted octanol–water partition coefficient (Wildman–Crippen LogP) is 2.51. The summed E-state index contributed by atoms with van der Waals surface area (Å²) in [5.74, 6) is -0.354. The highest BCUT2D eigenvalue weighted by molar-refractivity contribution is 7.92. The van der Waals surface area contributed by atoms with E-state index >= 15 is 0 Å². The van der Waals surface area contributed by atoms with Gasteiger partial charge in [-0.3, -0.25) is 4.72 Å². The summed E-state index contributed by atoms with van der Waals surface area (Å²) in [6, 6.07) is 8.49. The van der Waals surface area contributed by atoms with Gasteiger partial charge in [0.05, 0.1) is 30.4 Å². The Morgan fingerprint density at radius 2 is 1.71 bits per heavy atom. The lowest BCUT2D eigenvalue weighted by atomic mass is 10.1. The van der Waals surface area contributed by atoms with Crippen LogP contribution in [0.25, 0.3) is 0 Å². The SMILES string of the molecule is COc1ccc(NS(=O)(=O)c2ccc(C)c(C(=O)O)c2)cc1OC. The summed E-state index contributed by atoms with van der Waals surface area (Å²) in [5.41, 5.74) is 0.683. The van der Waals surface area contributed by atoms with Gasteiger partial charge in [0.2, 0.25) is 0 Å². The van der Waals surface area contributed by atoms with Crippen molar-refractivity contribution in [1.82, 2.24) is 0 Å². The molecule has 0 saturated carbocycles. The Hall–Kier alpha value is -2.74. The molecular formula is C16H17NO6S. The van der Waals surface area contributed by atoms with Gasteiger partial charge in [-0.05, 0) is 36.8 Å². The molecule has 24 heavy (non-hydrogen) atoms. The second-order valence-electron chi connectivity index (χ2n) is 4.96. The summed E-state index contributed by atoms with van der Waals surface area (Å²) in [4.78, 5) is 11.0. The number of ether oxygens (including phenoxy) is 2. The Morgan fingerprint density at radius 3 is 2.29 bits per heavy atom. The summed E-state index contributed by atoms with van der Waals surface area (Å²) >= 11 is 0. The number of carboxylic acids is 1. The molecule has 0 fully saturated rings. The third-order valence-electron chi connectivity index (χ3n) is 3.39. The van der Waals surface area contributed by atoms with E-state index in [9.17, 15) is 13.2 Å². The Balaban J connectivity index is 2.39. The number of carboxylic acid groups (broad SMARTS) is 1. The van der Waals surface area contributed by atoms with Gasteiger partial charge in [0.1, 0.15) is 0 Å². The van der Waals surface area contributed by atoms with Crippen LogP contribution in [0, 0.1) is 6.92 Å². The summed E-state index contributed by atoms with van der Waals surface area (Å²) < 4.78 is 37.5. The number of hydrogen-bond acceptors (Lipinski definition) is 5. The molecular weight excluding hydrogens is 334 g/mol. The molecule has 0 aliphatic rings. The van der Waals surface area contributed by atoms with Crippen LogP contribution in [-0.2, 0) is 10.0 Å². The molecule has 8 heteroatoms. The number of benzene rings is 2. The second-order valence-corrected chi connectivity index (χ2v) is 6.64. The first kappa shape index (κ1) is 17.6. The molecule has 2 aromatic carbocycles. The van der Waals surface area contributed by atoms with Crippen LogP contribution in [0.5, 0.6) is 11.5 Å². The van der Waals surface area contributed by atoms with Crippen molar-refractivity contribution in [2.45, 2.75) is 11.8 Å². The molecule has 0 saturated heterocycles. The third-order valence-corrected chi connectivity index (χ3v) is 4.76. The maximum atomic E-state index is 12.5. The third kappa shape index (κ3) is 3.60. The Morgan fingerprint density at radius 1 is 1.04 bits per heavy atom. The number of aryl methyl sites for hydroxylation is 1. The van der Waals surface area contributed by atoms with Crippen molar-refractivity contribution in [1.29, 1.82) is 0 Å². The van der Waals surface area contributed by atoms with Gasteiger partial charge in [0.25, 0.3) is 10.0 Å². The van der Waals surface area contributed by atoms with E-state index in [4.69, 9.17) is 14.6 Å². The average molecular weight is 351 g/mol. The number of anilines is 1. The summed E-state index contributed by atoms with van der Waals surface area (Å²) in [5, 5.41) is 9.13. The molecule has 0 aromatic heterocycles.